The van der Waals surface area contributed by atoms with Gasteiger partial charge in [0, 0.05) is 24.4 Å². The Labute approximate surface area is 136 Å². The van der Waals surface area contributed by atoms with Crippen LogP contribution < -0.4 is 5.32 Å². The number of carbonyl (C=O) groups excluding carboxylic acids is 1. The first-order valence-electron chi connectivity index (χ1n) is 8.40. The lowest BCUT2D eigenvalue weighted by Crippen LogP contribution is -2.36. The van der Waals surface area contributed by atoms with Crippen LogP contribution in [0.1, 0.15) is 50.0 Å². The summed E-state index contributed by atoms with van der Waals surface area (Å²) in [5.74, 6) is 1.17. The number of benzene rings is 1. The zero-order chi connectivity index (χ0) is 16.1. The lowest BCUT2D eigenvalue weighted by Gasteiger charge is -2.22. The van der Waals surface area contributed by atoms with E-state index in [0.29, 0.717) is 30.6 Å². The molecule has 0 aliphatic heterocycles. The highest BCUT2D eigenvalue weighted by Crippen LogP contribution is 2.18. The van der Waals surface area contributed by atoms with Crippen LogP contribution in [0, 0.1) is 6.92 Å². The third-order valence-corrected chi connectivity index (χ3v) is 4.31. The van der Waals surface area contributed by atoms with Gasteiger partial charge in [-0.05, 0) is 19.8 Å². The van der Waals surface area contributed by atoms with Gasteiger partial charge in [-0.15, -0.1) is 0 Å². The van der Waals surface area contributed by atoms with E-state index in [-0.39, 0.29) is 5.91 Å². The summed E-state index contributed by atoms with van der Waals surface area (Å²) >= 11 is 0. The number of hydrogen-bond donors (Lipinski definition) is 1. The van der Waals surface area contributed by atoms with Gasteiger partial charge in [0.25, 0.3) is 0 Å². The van der Waals surface area contributed by atoms with Crippen molar-refractivity contribution in [1.29, 1.82) is 0 Å². The lowest BCUT2D eigenvalue weighted by atomic mass is 9.95. The maximum atomic E-state index is 12.0. The predicted octanol–water partition coefficient (Wildman–Crippen LogP) is 3.43. The Hall–Kier alpha value is -2.17. The van der Waals surface area contributed by atoms with Gasteiger partial charge >= 0.3 is 0 Å². The van der Waals surface area contributed by atoms with E-state index in [1.54, 1.807) is 0 Å². The molecule has 1 aromatic heterocycles. The number of nitrogens with one attached hydrogen (secondary N) is 1. The van der Waals surface area contributed by atoms with Crippen LogP contribution in [0.3, 0.4) is 0 Å². The molecule has 122 valence electrons. The van der Waals surface area contributed by atoms with E-state index in [1.807, 2.05) is 31.2 Å². The highest BCUT2D eigenvalue weighted by molar-refractivity contribution is 5.76. The highest BCUT2D eigenvalue weighted by Gasteiger charge is 2.16. The first-order valence-corrected chi connectivity index (χ1v) is 8.40. The fourth-order valence-electron chi connectivity index (χ4n) is 2.94. The first-order chi connectivity index (χ1) is 11.2. The Morgan fingerprint density at radius 2 is 1.96 bits per heavy atom. The average molecular weight is 313 g/mol. The molecule has 1 fully saturated rings. The Morgan fingerprint density at radius 3 is 2.70 bits per heavy atom. The molecule has 2 aromatic rings. The summed E-state index contributed by atoms with van der Waals surface area (Å²) in [5, 5.41) is 7.10. The summed E-state index contributed by atoms with van der Waals surface area (Å²) in [6, 6.07) is 8.33. The van der Waals surface area contributed by atoms with Gasteiger partial charge in [-0.2, -0.15) is 4.98 Å². The van der Waals surface area contributed by atoms with E-state index in [0.717, 1.165) is 18.4 Å². The van der Waals surface area contributed by atoms with Crippen molar-refractivity contribution >= 4 is 5.91 Å². The normalized spacial score (nSPS) is 15.5. The van der Waals surface area contributed by atoms with Gasteiger partial charge in [-0.1, -0.05) is 54.2 Å². The summed E-state index contributed by atoms with van der Waals surface area (Å²) in [6.07, 6.45) is 6.80. The molecule has 0 bridgehead atoms. The first kappa shape index (κ1) is 15.7. The fourth-order valence-corrected chi connectivity index (χ4v) is 2.94. The van der Waals surface area contributed by atoms with Crippen LogP contribution in [-0.2, 0) is 11.2 Å². The van der Waals surface area contributed by atoms with Crippen molar-refractivity contribution in [3.63, 3.8) is 0 Å². The van der Waals surface area contributed by atoms with Crippen molar-refractivity contribution in [1.82, 2.24) is 15.5 Å². The van der Waals surface area contributed by atoms with Crippen LogP contribution in [-0.4, -0.2) is 22.1 Å². The molecule has 1 N–H and O–H groups in total. The second kappa shape index (κ2) is 7.40. The van der Waals surface area contributed by atoms with Crippen molar-refractivity contribution in [2.75, 3.05) is 0 Å². The highest BCUT2D eigenvalue weighted by atomic mass is 16.5. The number of amides is 1. The van der Waals surface area contributed by atoms with Crippen molar-refractivity contribution < 1.29 is 9.32 Å². The molecule has 1 heterocycles. The second-order valence-electron chi connectivity index (χ2n) is 6.28. The Kier molecular flexibility index (Phi) is 5.05. The number of carbonyl (C=O) groups is 1. The number of aryl methyl sites for hydroxylation is 2. The van der Waals surface area contributed by atoms with Gasteiger partial charge in [-0.25, -0.2) is 0 Å². The third-order valence-electron chi connectivity index (χ3n) is 4.31. The van der Waals surface area contributed by atoms with Crippen molar-refractivity contribution in [3.8, 4) is 11.4 Å². The molecule has 5 nitrogen and oxygen atoms in total. The molecule has 0 atom stereocenters. The Bertz CT molecular complexity index is 643. The fraction of sp³-hybridized carbons (Fsp3) is 0.500. The molecule has 3 rings (SSSR count). The molecular weight excluding hydrogens is 290 g/mol. The summed E-state index contributed by atoms with van der Waals surface area (Å²) in [7, 11) is 0. The van der Waals surface area contributed by atoms with Gasteiger partial charge in [0.2, 0.25) is 17.6 Å². The van der Waals surface area contributed by atoms with Gasteiger partial charge in [0.05, 0.1) is 0 Å². The van der Waals surface area contributed by atoms with Crippen LogP contribution in [0.15, 0.2) is 28.8 Å². The molecule has 5 heteroatoms. The summed E-state index contributed by atoms with van der Waals surface area (Å²) in [6.45, 7) is 2.04. The zero-order valence-electron chi connectivity index (χ0n) is 13.5. The van der Waals surface area contributed by atoms with E-state index in [2.05, 4.69) is 15.5 Å². The molecule has 0 saturated heterocycles. The smallest absolute Gasteiger partial charge is 0.227 e. The van der Waals surface area contributed by atoms with Crippen molar-refractivity contribution in [2.45, 2.75) is 57.9 Å². The van der Waals surface area contributed by atoms with Crippen LogP contribution >= 0.6 is 0 Å². The van der Waals surface area contributed by atoms with E-state index in [9.17, 15) is 4.79 Å². The molecule has 1 aromatic carbocycles. The summed E-state index contributed by atoms with van der Waals surface area (Å²) in [4.78, 5) is 16.4. The van der Waals surface area contributed by atoms with Crippen molar-refractivity contribution in [3.05, 3.63) is 35.7 Å². The van der Waals surface area contributed by atoms with Crippen molar-refractivity contribution in [2.24, 2.45) is 0 Å². The lowest BCUT2D eigenvalue weighted by molar-refractivity contribution is -0.122. The molecule has 1 aliphatic rings. The van der Waals surface area contributed by atoms with Gasteiger partial charge in [-0.3, -0.25) is 4.79 Å². The van der Waals surface area contributed by atoms with Gasteiger partial charge < -0.3 is 9.84 Å². The molecule has 0 unspecified atom stereocenters. The Balaban J connectivity index is 1.50. The minimum atomic E-state index is 0.0759. The zero-order valence-corrected chi connectivity index (χ0v) is 13.5. The molecular formula is C18H23N3O2. The topological polar surface area (TPSA) is 68.0 Å². The minimum Gasteiger partial charge on any atom is -0.353 e. The predicted molar refractivity (Wildman–Crippen MR) is 87.8 cm³/mol. The number of nitrogens with zero attached hydrogens (tertiary/aromatic N) is 2. The maximum Gasteiger partial charge on any atom is 0.227 e. The van der Waals surface area contributed by atoms with E-state index in [1.165, 1.54) is 24.8 Å². The molecule has 1 aliphatic carbocycles. The Morgan fingerprint density at radius 1 is 1.22 bits per heavy atom. The summed E-state index contributed by atoms with van der Waals surface area (Å²) < 4.78 is 5.25. The molecule has 0 spiro atoms. The molecule has 1 saturated carbocycles. The number of hydrogen-bond acceptors (Lipinski definition) is 4. The second-order valence-corrected chi connectivity index (χ2v) is 6.28. The van der Waals surface area contributed by atoms with E-state index < -0.39 is 0 Å². The third kappa shape index (κ3) is 4.41. The van der Waals surface area contributed by atoms with Gasteiger partial charge in [0.1, 0.15) is 0 Å². The number of aromatic nitrogens is 2. The van der Waals surface area contributed by atoms with Crippen LogP contribution in [0.5, 0.6) is 0 Å². The molecule has 23 heavy (non-hydrogen) atoms. The van der Waals surface area contributed by atoms with E-state index >= 15 is 0 Å². The van der Waals surface area contributed by atoms with E-state index in [4.69, 9.17) is 4.52 Å². The van der Waals surface area contributed by atoms with Crippen LogP contribution in [0.25, 0.3) is 11.4 Å². The number of rotatable bonds is 5. The quantitative estimate of drug-likeness (QED) is 0.918. The maximum absolute atomic E-state index is 12.0. The molecule has 0 radical (unpaired) electrons. The largest absolute Gasteiger partial charge is 0.353 e. The SMILES string of the molecule is Cc1ccc(-c2noc(CCC(=O)NC3CCCCC3)n2)cc1. The van der Waals surface area contributed by atoms with Crippen LogP contribution in [0.2, 0.25) is 0 Å². The molecule has 1 amide bonds. The standard InChI is InChI=1S/C18H23N3O2/c1-13-7-9-14(10-8-13)18-20-17(23-21-18)12-11-16(22)19-15-5-3-2-4-6-15/h7-10,15H,2-6,11-12H2,1H3,(H,19,22). The monoisotopic (exact) mass is 313 g/mol. The summed E-state index contributed by atoms with van der Waals surface area (Å²) in [5.41, 5.74) is 2.12. The van der Waals surface area contributed by atoms with Crippen LogP contribution in [0.4, 0.5) is 0 Å². The van der Waals surface area contributed by atoms with Gasteiger partial charge in [0.15, 0.2) is 0 Å². The minimum absolute atomic E-state index is 0.0759. The average Bonchev–Trinajstić information content (AvgIpc) is 3.04.